The number of carbonyl (C=O) groups is 2. The van der Waals surface area contributed by atoms with Crippen LogP contribution in [-0.2, 0) is 11.3 Å². The van der Waals surface area contributed by atoms with E-state index in [1.165, 1.54) is 12.1 Å². The van der Waals surface area contributed by atoms with Crippen molar-refractivity contribution in [3.63, 3.8) is 0 Å². The lowest BCUT2D eigenvalue weighted by atomic mass is 9.85. The number of rotatable bonds is 9. The van der Waals surface area contributed by atoms with E-state index in [1.54, 1.807) is 12.1 Å². The Balaban J connectivity index is 1.51. The van der Waals surface area contributed by atoms with E-state index in [2.05, 4.69) is 5.32 Å². The highest BCUT2D eigenvalue weighted by atomic mass is 19.1. The van der Waals surface area contributed by atoms with Crippen LogP contribution in [0.25, 0.3) is 0 Å². The molecule has 0 saturated heterocycles. The van der Waals surface area contributed by atoms with Crippen LogP contribution in [-0.4, -0.2) is 58.6 Å². The Morgan fingerprint density at radius 2 is 1.89 bits per heavy atom. The molecule has 2 amide bonds. The zero-order valence-corrected chi connectivity index (χ0v) is 15.7. The Morgan fingerprint density at radius 1 is 1.22 bits per heavy atom. The molecule has 1 aromatic carbocycles. The van der Waals surface area contributed by atoms with Crippen molar-refractivity contribution < 1.29 is 19.1 Å². The van der Waals surface area contributed by atoms with Gasteiger partial charge in [-0.05, 0) is 55.8 Å². The maximum atomic E-state index is 13.1. The first kappa shape index (κ1) is 19.6. The summed E-state index contributed by atoms with van der Waals surface area (Å²) in [7, 11) is 0. The van der Waals surface area contributed by atoms with E-state index in [-0.39, 0.29) is 30.5 Å². The summed E-state index contributed by atoms with van der Waals surface area (Å²) in [5, 5.41) is 12.1. The maximum Gasteiger partial charge on any atom is 0.317 e. The van der Waals surface area contributed by atoms with Crippen molar-refractivity contribution in [1.82, 2.24) is 15.1 Å². The smallest absolute Gasteiger partial charge is 0.317 e. The van der Waals surface area contributed by atoms with Crippen molar-refractivity contribution in [2.75, 3.05) is 19.6 Å². The summed E-state index contributed by atoms with van der Waals surface area (Å²) in [6.45, 7) is 3.88. The molecule has 0 bridgehead atoms. The fraction of sp³-hybridized carbons (Fsp3) is 0.600. The topological polar surface area (TPSA) is 72.9 Å². The first-order chi connectivity index (χ1) is 12.9. The number of carboxylic acid groups (broad SMARTS) is 1. The summed E-state index contributed by atoms with van der Waals surface area (Å²) < 4.78 is 13.1. The zero-order valence-electron chi connectivity index (χ0n) is 15.7. The quantitative estimate of drug-likeness (QED) is 0.694. The van der Waals surface area contributed by atoms with Gasteiger partial charge in [0, 0.05) is 25.2 Å². The predicted octanol–water partition coefficient (Wildman–Crippen LogP) is 2.68. The minimum Gasteiger partial charge on any atom is -0.480 e. The van der Waals surface area contributed by atoms with Gasteiger partial charge >= 0.3 is 12.0 Å². The second-order valence-electron chi connectivity index (χ2n) is 7.68. The SMILES string of the molecule is CCN(CC(=O)O)C1CC(NC(=O)N(Cc2ccc(F)cc2)CC2CC2)C1. The molecule has 27 heavy (non-hydrogen) atoms. The number of hydrogen-bond acceptors (Lipinski definition) is 3. The normalized spacial score (nSPS) is 21.6. The molecule has 2 N–H and O–H groups in total. The summed E-state index contributed by atoms with van der Waals surface area (Å²) in [6, 6.07) is 6.48. The third-order valence-corrected chi connectivity index (χ3v) is 5.45. The molecule has 0 aliphatic heterocycles. The first-order valence-corrected chi connectivity index (χ1v) is 9.70. The molecule has 2 aliphatic carbocycles. The highest BCUT2D eigenvalue weighted by Crippen LogP contribution is 2.31. The minimum atomic E-state index is -0.820. The fourth-order valence-corrected chi connectivity index (χ4v) is 3.58. The Labute approximate surface area is 159 Å². The average molecular weight is 377 g/mol. The third-order valence-electron chi connectivity index (χ3n) is 5.45. The van der Waals surface area contributed by atoms with Crippen molar-refractivity contribution in [3.8, 4) is 0 Å². The lowest BCUT2D eigenvalue weighted by molar-refractivity contribution is -0.139. The monoisotopic (exact) mass is 377 g/mol. The number of likely N-dealkylation sites (N-methyl/N-ethyl adjacent to an activating group) is 1. The van der Waals surface area contributed by atoms with Crippen molar-refractivity contribution in [1.29, 1.82) is 0 Å². The van der Waals surface area contributed by atoms with Gasteiger partial charge in [-0.25, -0.2) is 9.18 Å². The van der Waals surface area contributed by atoms with Gasteiger partial charge in [-0.2, -0.15) is 0 Å². The molecule has 2 aliphatic rings. The third kappa shape index (κ3) is 5.66. The molecule has 148 valence electrons. The van der Waals surface area contributed by atoms with E-state index in [0.717, 1.165) is 37.8 Å². The van der Waals surface area contributed by atoms with Crippen molar-refractivity contribution in [2.45, 2.75) is 51.2 Å². The van der Waals surface area contributed by atoms with Crippen LogP contribution in [0.4, 0.5) is 9.18 Å². The molecule has 2 fully saturated rings. The summed E-state index contributed by atoms with van der Waals surface area (Å²) in [4.78, 5) is 27.4. The van der Waals surface area contributed by atoms with E-state index in [9.17, 15) is 14.0 Å². The van der Waals surface area contributed by atoms with E-state index in [0.29, 0.717) is 19.0 Å². The van der Waals surface area contributed by atoms with Crippen molar-refractivity contribution in [2.24, 2.45) is 5.92 Å². The van der Waals surface area contributed by atoms with Gasteiger partial charge in [0.25, 0.3) is 0 Å². The lowest BCUT2D eigenvalue weighted by Gasteiger charge is -2.42. The van der Waals surface area contributed by atoms with Gasteiger partial charge in [0.05, 0.1) is 6.54 Å². The molecule has 0 radical (unpaired) electrons. The highest BCUT2D eigenvalue weighted by Gasteiger charge is 2.36. The highest BCUT2D eigenvalue weighted by molar-refractivity contribution is 5.74. The molecule has 0 aromatic heterocycles. The van der Waals surface area contributed by atoms with Gasteiger partial charge in [0.1, 0.15) is 5.82 Å². The fourth-order valence-electron chi connectivity index (χ4n) is 3.58. The van der Waals surface area contributed by atoms with Gasteiger partial charge in [0.2, 0.25) is 0 Å². The van der Waals surface area contributed by atoms with Gasteiger partial charge in [-0.15, -0.1) is 0 Å². The lowest BCUT2D eigenvalue weighted by Crippen LogP contribution is -2.56. The number of hydrogen-bond donors (Lipinski definition) is 2. The molecule has 0 atom stereocenters. The number of halogens is 1. The van der Waals surface area contributed by atoms with Crippen molar-refractivity contribution in [3.05, 3.63) is 35.6 Å². The minimum absolute atomic E-state index is 0.0419. The Morgan fingerprint density at radius 3 is 2.44 bits per heavy atom. The van der Waals surface area contributed by atoms with Crippen LogP contribution < -0.4 is 5.32 Å². The molecule has 0 heterocycles. The molecule has 1 aromatic rings. The van der Waals surface area contributed by atoms with Gasteiger partial charge < -0.3 is 15.3 Å². The summed E-state index contributed by atoms with van der Waals surface area (Å²) in [5.74, 6) is -0.532. The van der Waals surface area contributed by atoms with Crippen LogP contribution in [0.15, 0.2) is 24.3 Å². The summed E-state index contributed by atoms with van der Waals surface area (Å²) in [5.41, 5.74) is 0.914. The van der Waals surface area contributed by atoms with Crippen molar-refractivity contribution >= 4 is 12.0 Å². The molecule has 0 spiro atoms. The van der Waals surface area contributed by atoms with Crippen LogP contribution in [0.5, 0.6) is 0 Å². The number of aliphatic carboxylic acids is 1. The molecular weight excluding hydrogens is 349 g/mol. The standard InChI is InChI=1S/C20H28FN3O3/c1-2-23(13-19(25)26)18-9-17(10-18)22-20(27)24(11-14-3-4-14)12-15-5-7-16(21)8-6-15/h5-8,14,17-18H,2-4,9-13H2,1H3,(H,22,27)(H,25,26). The molecular formula is C20H28FN3O3. The van der Waals surface area contributed by atoms with Crippen LogP contribution >= 0.6 is 0 Å². The number of benzene rings is 1. The summed E-state index contributed by atoms with van der Waals surface area (Å²) in [6.07, 6.45) is 3.86. The van der Waals surface area contributed by atoms with E-state index in [4.69, 9.17) is 5.11 Å². The molecule has 2 saturated carbocycles. The number of carbonyl (C=O) groups excluding carboxylic acids is 1. The van der Waals surface area contributed by atoms with Crippen LogP contribution in [0, 0.1) is 11.7 Å². The van der Waals surface area contributed by atoms with Gasteiger partial charge in [-0.1, -0.05) is 19.1 Å². The predicted molar refractivity (Wildman–Crippen MR) is 99.8 cm³/mol. The Kier molecular flexibility index (Phi) is 6.31. The van der Waals surface area contributed by atoms with Gasteiger partial charge in [0.15, 0.2) is 0 Å². The second kappa shape index (κ2) is 8.69. The molecule has 0 unspecified atom stereocenters. The number of urea groups is 1. The number of nitrogens with zero attached hydrogens (tertiary/aromatic N) is 2. The molecule has 7 heteroatoms. The first-order valence-electron chi connectivity index (χ1n) is 9.70. The van der Waals surface area contributed by atoms with Crippen LogP contribution in [0.3, 0.4) is 0 Å². The largest absolute Gasteiger partial charge is 0.480 e. The van der Waals surface area contributed by atoms with E-state index in [1.807, 2.05) is 16.7 Å². The zero-order chi connectivity index (χ0) is 19.4. The Bertz CT molecular complexity index is 657. The van der Waals surface area contributed by atoms with E-state index < -0.39 is 5.97 Å². The van der Waals surface area contributed by atoms with Crippen LogP contribution in [0.1, 0.15) is 38.2 Å². The summed E-state index contributed by atoms with van der Waals surface area (Å²) >= 11 is 0. The molecule has 3 rings (SSSR count). The number of amides is 2. The van der Waals surface area contributed by atoms with E-state index >= 15 is 0 Å². The second-order valence-corrected chi connectivity index (χ2v) is 7.68. The van der Waals surface area contributed by atoms with Crippen LogP contribution in [0.2, 0.25) is 0 Å². The Hall–Kier alpha value is -2.15. The number of carboxylic acids is 1. The molecule has 6 nitrogen and oxygen atoms in total. The maximum absolute atomic E-state index is 13.1. The van der Waals surface area contributed by atoms with Gasteiger partial charge in [-0.3, -0.25) is 9.69 Å². The average Bonchev–Trinajstić information content (AvgIpc) is 3.41. The number of nitrogens with one attached hydrogen (secondary N) is 1.